The van der Waals surface area contributed by atoms with Gasteiger partial charge in [-0.1, -0.05) is 0 Å². The number of hydrogen-bond donors (Lipinski definition) is 4. The highest BCUT2D eigenvalue weighted by molar-refractivity contribution is 6.12. The van der Waals surface area contributed by atoms with Crippen LogP contribution in [0.2, 0.25) is 0 Å². The number of halogens is 1. The molecule has 1 amide bonds. The monoisotopic (exact) mass is 324 g/mol. The van der Waals surface area contributed by atoms with Crippen LogP contribution in [0.5, 0.6) is 0 Å². The number of aromatic nitrogens is 2. The molecule has 6 N–H and O–H groups in total. The van der Waals surface area contributed by atoms with Crippen molar-refractivity contribution in [3.8, 4) is 0 Å². The Bertz CT molecular complexity index is 943. The van der Waals surface area contributed by atoms with E-state index in [9.17, 15) is 9.18 Å². The Morgan fingerprint density at radius 3 is 2.75 bits per heavy atom. The van der Waals surface area contributed by atoms with Crippen LogP contribution in [-0.2, 0) is 0 Å². The van der Waals surface area contributed by atoms with E-state index in [-0.39, 0.29) is 5.91 Å². The van der Waals surface area contributed by atoms with E-state index in [4.69, 9.17) is 11.1 Å². The summed E-state index contributed by atoms with van der Waals surface area (Å²) in [5.41, 5.74) is 8.49. The van der Waals surface area contributed by atoms with Gasteiger partial charge >= 0.3 is 0 Å². The molecular weight excluding hydrogens is 309 g/mol. The van der Waals surface area contributed by atoms with Crippen LogP contribution in [0.4, 0.5) is 10.1 Å². The predicted molar refractivity (Wildman–Crippen MR) is 90.6 cm³/mol. The average Bonchev–Trinajstić information content (AvgIpc) is 3.00. The van der Waals surface area contributed by atoms with Gasteiger partial charge in [-0.05, 0) is 30.3 Å². The highest BCUT2D eigenvalue weighted by Gasteiger charge is 2.12. The lowest BCUT2D eigenvalue weighted by Gasteiger charge is -2.05. The van der Waals surface area contributed by atoms with Gasteiger partial charge < -0.3 is 16.0 Å². The molecule has 0 atom stereocenters. The fourth-order valence-electron chi connectivity index (χ4n) is 2.35. The van der Waals surface area contributed by atoms with E-state index in [2.05, 4.69) is 15.3 Å². The Labute approximate surface area is 136 Å². The minimum absolute atomic E-state index is 0.351. The van der Waals surface area contributed by atoms with Gasteiger partial charge in [0, 0.05) is 28.9 Å². The number of benzene rings is 1. The third-order valence-corrected chi connectivity index (χ3v) is 3.57. The van der Waals surface area contributed by atoms with Gasteiger partial charge in [-0.15, -0.1) is 0 Å². The third-order valence-electron chi connectivity index (χ3n) is 3.57. The molecule has 0 saturated heterocycles. The second-order valence-corrected chi connectivity index (χ2v) is 5.07. The van der Waals surface area contributed by atoms with E-state index < -0.39 is 5.82 Å². The first kappa shape index (κ1) is 15.4. The molecule has 1 aromatic carbocycles. The lowest BCUT2D eigenvalue weighted by atomic mass is 10.1. The van der Waals surface area contributed by atoms with Crippen molar-refractivity contribution in [3.05, 3.63) is 65.9 Å². The summed E-state index contributed by atoms with van der Waals surface area (Å²) in [5, 5.41) is 9.07. The molecule has 0 aliphatic rings. The molecule has 6 nitrogen and oxygen atoms in total. The summed E-state index contributed by atoms with van der Waals surface area (Å²) in [6.45, 7) is 0. The van der Waals surface area contributed by atoms with E-state index in [1.54, 1.807) is 12.3 Å². The Morgan fingerprint density at radius 2 is 2.08 bits per heavy atom. The molecular formula is C17H15FN5O+. The fraction of sp³-hybridized carbons (Fsp3) is 0. The zero-order valence-electron chi connectivity index (χ0n) is 12.6. The number of amides is 1. The van der Waals surface area contributed by atoms with E-state index >= 15 is 0 Å². The first-order valence-electron chi connectivity index (χ1n) is 7.13. The first-order chi connectivity index (χ1) is 11.6. The molecule has 0 aliphatic carbocycles. The lowest BCUT2D eigenvalue weighted by molar-refractivity contribution is -0.103. The highest BCUT2D eigenvalue weighted by Crippen LogP contribution is 2.24. The summed E-state index contributed by atoms with van der Waals surface area (Å²) in [4.78, 5) is 19.5. The molecule has 24 heavy (non-hydrogen) atoms. The Hall–Kier alpha value is -3.48. The molecule has 2 aromatic heterocycles. The Morgan fingerprint density at radius 1 is 1.33 bits per heavy atom. The zero-order chi connectivity index (χ0) is 17.1. The summed E-state index contributed by atoms with van der Waals surface area (Å²) in [7, 11) is 0. The third kappa shape index (κ3) is 2.87. The zero-order valence-corrected chi connectivity index (χ0v) is 12.6. The summed E-state index contributed by atoms with van der Waals surface area (Å²) >= 11 is 0. The maximum atomic E-state index is 12.9. The summed E-state index contributed by atoms with van der Waals surface area (Å²) in [6, 6.07) is 7.06. The number of fused-ring (bicyclic) bond motifs is 1. The number of H-pyrrole nitrogens is 1. The topological polar surface area (TPSA) is 109 Å². The number of rotatable bonds is 4. The molecule has 0 radical (unpaired) electrons. The lowest BCUT2D eigenvalue weighted by Crippen LogP contribution is -2.30. The van der Waals surface area contributed by atoms with Gasteiger partial charge in [-0.3, -0.25) is 10.2 Å². The first-order valence-corrected chi connectivity index (χ1v) is 7.13. The molecule has 7 heteroatoms. The number of aromatic amines is 1. The molecule has 0 unspecified atom stereocenters. The van der Waals surface area contributed by atoms with Gasteiger partial charge in [0.15, 0.2) is 6.21 Å². The summed E-state index contributed by atoms with van der Waals surface area (Å²) < 4.78 is 12.9. The van der Waals surface area contributed by atoms with Crippen molar-refractivity contribution in [3.63, 3.8) is 0 Å². The number of nitrogens with zero attached hydrogens (tertiary/aromatic N) is 1. The SMILES string of the molecule is NC=C(C=[NH2+])c1c[nH]c2ncc(NC(=O)c3ccc(F)cc3)cc12. The summed E-state index contributed by atoms with van der Waals surface area (Å²) in [6.07, 6.45) is 6.06. The summed E-state index contributed by atoms with van der Waals surface area (Å²) in [5.74, 6) is -0.751. The quantitative estimate of drug-likeness (QED) is 0.539. The number of allylic oxidation sites excluding steroid dienone is 1. The van der Waals surface area contributed by atoms with Crippen molar-refractivity contribution in [1.29, 1.82) is 0 Å². The molecule has 0 bridgehead atoms. The maximum Gasteiger partial charge on any atom is 0.255 e. The van der Waals surface area contributed by atoms with Gasteiger partial charge in [0.05, 0.1) is 17.5 Å². The van der Waals surface area contributed by atoms with Crippen LogP contribution in [0, 0.1) is 5.82 Å². The largest absolute Gasteiger partial charge is 0.404 e. The van der Waals surface area contributed by atoms with E-state index in [1.165, 1.54) is 42.9 Å². The second-order valence-electron chi connectivity index (χ2n) is 5.07. The average molecular weight is 324 g/mol. The normalized spacial score (nSPS) is 11.5. The molecule has 3 aromatic rings. The number of anilines is 1. The van der Waals surface area contributed by atoms with Crippen LogP contribution in [0.15, 0.2) is 48.9 Å². The van der Waals surface area contributed by atoms with Crippen molar-refractivity contribution in [2.75, 3.05) is 5.32 Å². The van der Waals surface area contributed by atoms with Crippen LogP contribution in [0.3, 0.4) is 0 Å². The van der Waals surface area contributed by atoms with Gasteiger partial charge in [-0.2, -0.15) is 0 Å². The number of carbonyl (C=O) groups is 1. The van der Waals surface area contributed by atoms with Gasteiger partial charge in [-0.25, -0.2) is 9.37 Å². The van der Waals surface area contributed by atoms with Crippen molar-refractivity contribution in [1.82, 2.24) is 9.97 Å². The van der Waals surface area contributed by atoms with Crippen LogP contribution >= 0.6 is 0 Å². The predicted octanol–water partition coefficient (Wildman–Crippen LogP) is 1.08. The van der Waals surface area contributed by atoms with Gasteiger partial charge in [0.1, 0.15) is 11.5 Å². The van der Waals surface area contributed by atoms with Crippen molar-refractivity contribution in [2.45, 2.75) is 0 Å². The van der Waals surface area contributed by atoms with Crippen LogP contribution in [0.1, 0.15) is 15.9 Å². The van der Waals surface area contributed by atoms with Crippen LogP contribution in [0.25, 0.3) is 16.6 Å². The van der Waals surface area contributed by atoms with Gasteiger partial charge in [0.2, 0.25) is 0 Å². The molecule has 120 valence electrons. The van der Waals surface area contributed by atoms with E-state index in [0.717, 1.165) is 10.9 Å². The number of nitrogens with two attached hydrogens (primary N) is 2. The standard InChI is InChI=1S/C17H14FN5O/c18-12-3-1-10(2-4-12)17(24)23-13-5-14-15(11(6-19)7-20)9-22-16(14)21-8-13/h1-9,19H,20H2,(H,21,22)(H,23,24)/p+1. The Balaban J connectivity index is 1.93. The molecule has 3 rings (SSSR count). The molecule has 0 saturated carbocycles. The maximum absolute atomic E-state index is 12.9. The van der Waals surface area contributed by atoms with Crippen molar-refractivity contribution >= 4 is 34.4 Å². The van der Waals surface area contributed by atoms with Crippen molar-refractivity contribution in [2.24, 2.45) is 5.73 Å². The molecule has 0 fully saturated rings. The Kier molecular flexibility index (Phi) is 4.07. The van der Waals surface area contributed by atoms with E-state index in [1.807, 2.05) is 0 Å². The second kappa shape index (κ2) is 6.33. The highest BCUT2D eigenvalue weighted by atomic mass is 19.1. The molecule has 0 aliphatic heterocycles. The van der Waals surface area contributed by atoms with E-state index in [0.29, 0.717) is 22.5 Å². The van der Waals surface area contributed by atoms with Crippen LogP contribution < -0.4 is 16.5 Å². The minimum atomic E-state index is -0.397. The number of hydrogen-bond acceptors (Lipinski definition) is 3. The smallest absolute Gasteiger partial charge is 0.255 e. The number of carbonyl (C=O) groups excluding carboxylic acids is 1. The number of nitrogens with one attached hydrogen (secondary N) is 2. The van der Waals surface area contributed by atoms with Crippen molar-refractivity contribution < 1.29 is 14.6 Å². The number of pyridine rings is 1. The minimum Gasteiger partial charge on any atom is -0.404 e. The fourth-order valence-corrected chi connectivity index (χ4v) is 2.35. The van der Waals surface area contributed by atoms with Crippen LogP contribution in [-0.4, -0.2) is 22.1 Å². The molecule has 2 heterocycles. The van der Waals surface area contributed by atoms with Gasteiger partial charge in [0.25, 0.3) is 5.91 Å². The molecule has 0 spiro atoms.